The van der Waals surface area contributed by atoms with E-state index < -0.39 is 132 Å². The molecule has 0 aliphatic carbocycles. The molecular formula is C54H77NO15. The van der Waals surface area contributed by atoms with Crippen molar-refractivity contribution in [1.82, 2.24) is 4.90 Å². The fourth-order valence-corrected chi connectivity index (χ4v) is 10.6. The summed E-state index contributed by atoms with van der Waals surface area (Å²) in [4.78, 5) is 58.4. The van der Waals surface area contributed by atoms with E-state index in [2.05, 4.69) is 5.92 Å². The number of carbonyl (C=O) groups excluding carboxylic acids is 4. The summed E-state index contributed by atoms with van der Waals surface area (Å²) >= 11 is 0. The highest BCUT2D eigenvalue weighted by atomic mass is 16.7. The number of Topliss-reactive ketones (excluding diaryl/α,β-unsaturated/α-hetero) is 1. The van der Waals surface area contributed by atoms with Crippen LogP contribution < -0.4 is 0 Å². The summed E-state index contributed by atoms with van der Waals surface area (Å²) in [7, 11) is 5.25. The zero-order valence-electron chi connectivity index (χ0n) is 43.2. The molecule has 0 radical (unpaired) electrons. The number of aliphatic hydroxyl groups excluding tert-OH is 1. The van der Waals surface area contributed by atoms with Gasteiger partial charge in [-0.15, -0.1) is 6.42 Å². The van der Waals surface area contributed by atoms with Gasteiger partial charge >= 0.3 is 17.9 Å². The smallest absolute Gasteiger partial charge is 0.338 e. The van der Waals surface area contributed by atoms with Gasteiger partial charge in [0.15, 0.2) is 24.8 Å². The molecule has 2 aromatic rings. The Bertz CT molecular complexity index is 2100. The Kier molecular flexibility index (Phi) is 19.4. The minimum absolute atomic E-state index is 0.0230. The Morgan fingerprint density at radius 3 is 1.94 bits per heavy atom. The van der Waals surface area contributed by atoms with Crippen LogP contribution in [0.2, 0.25) is 0 Å². The van der Waals surface area contributed by atoms with Crippen LogP contribution in [0.1, 0.15) is 116 Å². The number of methoxy groups -OCH3 is 1. The SMILES string of the molecule is C#CCO[C@@]1(C)C[C@@H](C)C(=O)[C@H](C)[C@@H](O)[C@](C)(O)[C@@H](CC)OC(=O)[C@H](C)[C@@H](O[C@H]2C[C@@](C)(OC)[C@@H](OC(=O)c3ccccc3)[C@H](C)O2)[C@H](C)[C@H]1O[C@@H]1O[C@H](C)C[C@H](N(C)C)[C@H]1OC(=O)c1ccccc1. The molecule has 18 atom stereocenters. The average Bonchev–Trinajstić information content (AvgIpc) is 3.33. The van der Waals surface area contributed by atoms with Gasteiger partial charge in [-0.25, -0.2) is 9.59 Å². The average molecular weight is 980 g/mol. The third-order valence-corrected chi connectivity index (χ3v) is 14.7. The van der Waals surface area contributed by atoms with E-state index in [0.717, 1.165) is 0 Å². The molecule has 3 saturated heterocycles. The number of aliphatic hydroxyl groups is 2. The lowest BCUT2D eigenvalue weighted by Crippen LogP contribution is -2.62. The van der Waals surface area contributed by atoms with Crippen LogP contribution in [0.4, 0.5) is 0 Å². The van der Waals surface area contributed by atoms with E-state index in [9.17, 15) is 29.4 Å². The van der Waals surface area contributed by atoms with Crippen molar-refractivity contribution >= 4 is 23.7 Å². The lowest BCUT2D eigenvalue weighted by Gasteiger charge is -2.50. The van der Waals surface area contributed by atoms with Crippen LogP contribution in [-0.4, -0.2) is 151 Å². The third kappa shape index (κ3) is 12.8. The number of hydrogen-bond acceptors (Lipinski definition) is 16. The minimum atomic E-state index is -2.06. The minimum Gasteiger partial charge on any atom is -0.459 e. The Morgan fingerprint density at radius 2 is 1.40 bits per heavy atom. The van der Waals surface area contributed by atoms with Crippen molar-refractivity contribution in [3.8, 4) is 12.3 Å². The van der Waals surface area contributed by atoms with Crippen molar-refractivity contribution in [2.45, 2.75) is 179 Å². The molecule has 3 aliphatic rings. The van der Waals surface area contributed by atoms with Gasteiger partial charge in [-0.1, -0.05) is 70.0 Å². The molecule has 0 saturated carbocycles. The molecule has 5 rings (SSSR count). The van der Waals surface area contributed by atoms with Crippen LogP contribution >= 0.6 is 0 Å². The molecule has 0 bridgehead atoms. The second kappa shape index (κ2) is 24.0. The van der Waals surface area contributed by atoms with Gasteiger partial charge in [0.2, 0.25) is 0 Å². The number of benzene rings is 2. The second-order valence-corrected chi connectivity index (χ2v) is 20.4. The van der Waals surface area contributed by atoms with Crippen LogP contribution in [0.3, 0.4) is 0 Å². The topological polar surface area (TPSA) is 195 Å². The van der Waals surface area contributed by atoms with E-state index >= 15 is 0 Å². The first kappa shape index (κ1) is 56.6. The van der Waals surface area contributed by atoms with E-state index in [1.165, 1.54) is 21.0 Å². The molecule has 70 heavy (non-hydrogen) atoms. The summed E-state index contributed by atoms with van der Waals surface area (Å²) in [5.41, 5.74) is -4.06. The first-order valence-electron chi connectivity index (χ1n) is 24.5. The van der Waals surface area contributed by atoms with E-state index in [1.54, 1.807) is 102 Å². The van der Waals surface area contributed by atoms with Gasteiger partial charge in [-0.2, -0.15) is 0 Å². The van der Waals surface area contributed by atoms with Gasteiger partial charge in [0, 0.05) is 31.3 Å². The van der Waals surface area contributed by atoms with Gasteiger partial charge in [0.25, 0.3) is 0 Å². The van der Waals surface area contributed by atoms with Crippen LogP contribution in [-0.2, 0) is 52.2 Å². The van der Waals surface area contributed by atoms with Gasteiger partial charge < -0.3 is 57.7 Å². The molecule has 388 valence electrons. The van der Waals surface area contributed by atoms with E-state index in [1.807, 2.05) is 32.8 Å². The highest BCUT2D eigenvalue weighted by Crippen LogP contribution is 2.43. The van der Waals surface area contributed by atoms with Gasteiger partial charge in [0.1, 0.15) is 29.7 Å². The molecule has 16 nitrogen and oxygen atoms in total. The number of terminal acetylenes is 1. The van der Waals surface area contributed by atoms with Crippen molar-refractivity contribution in [3.05, 3.63) is 71.8 Å². The van der Waals surface area contributed by atoms with Crippen LogP contribution in [0.15, 0.2) is 60.7 Å². The Morgan fingerprint density at radius 1 is 0.814 bits per heavy atom. The second-order valence-electron chi connectivity index (χ2n) is 20.4. The number of nitrogens with zero attached hydrogens (tertiary/aromatic N) is 1. The maximum absolute atomic E-state index is 14.7. The number of ether oxygens (including phenoxy) is 9. The molecule has 2 aromatic carbocycles. The number of cyclic esters (lactones) is 1. The normalized spacial score (nSPS) is 39.0. The lowest BCUT2D eigenvalue weighted by atomic mass is 9.73. The fraction of sp³-hybridized carbons (Fsp3) is 0.667. The molecule has 3 heterocycles. The van der Waals surface area contributed by atoms with E-state index in [0.29, 0.717) is 17.5 Å². The standard InChI is InChI=1S/C54H77NO15/c1-15-27-63-53(10)29-31(3)42(56)33(5)45(57)54(11,61)40(16-2)66-48(58)35(7)43(67-41-30-52(9,62-14)47(36(8)65-41)69-50(60)38-25-21-18-22-26-38)34(6)46(53)70-51-44(39(55(12)13)28-32(4)64-51)68-49(59)37-23-19-17-20-24-37/h1,17-26,31-36,39-41,43-47,51,57,61H,16,27-30H2,2-14H3/t31-,32-,33+,34+,35-,36+,39+,40-,41+,43+,44-,45-,46-,47+,51+,52-,53+,54-/m1/s1. The Hall–Kier alpha value is -4.28. The first-order chi connectivity index (χ1) is 32.9. The van der Waals surface area contributed by atoms with Crippen molar-refractivity contribution < 1.29 is 72.0 Å². The van der Waals surface area contributed by atoms with Crippen LogP contribution in [0.25, 0.3) is 0 Å². The van der Waals surface area contributed by atoms with E-state index in [-0.39, 0.29) is 25.9 Å². The van der Waals surface area contributed by atoms with Gasteiger partial charge in [0.05, 0.1) is 59.2 Å². The molecule has 0 aromatic heterocycles. The van der Waals surface area contributed by atoms with Crippen LogP contribution in [0, 0.1) is 36.0 Å². The molecule has 3 fully saturated rings. The van der Waals surface area contributed by atoms with Crippen molar-refractivity contribution in [2.75, 3.05) is 27.8 Å². The summed E-state index contributed by atoms with van der Waals surface area (Å²) in [6.07, 6.45) is -4.25. The maximum atomic E-state index is 14.7. The molecule has 0 spiro atoms. The molecule has 2 N–H and O–H groups in total. The zero-order chi connectivity index (χ0) is 51.9. The fourth-order valence-electron chi connectivity index (χ4n) is 10.6. The molecule has 0 amide bonds. The predicted molar refractivity (Wildman–Crippen MR) is 258 cm³/mol. The number of hydrogen-bond donors (Lipinski definition) is 2. The number of carbonyl (C=O) groups is 4. The van der Waals surface area contributed by atoms with Crippen molar-refractivity contribution in [1.29, 1.82) is 0 Å². The highest BCUT2D eigenvalue weighted by Gasteiger charge is 2.55. The molecule has 3 aliphatic heterocycles. The quantitative estimate of drug-likeness (QED) is 0.131. The summed E-state index contributed by atoms with van der Waals surface area (Å²) in [5, 5.41) is 23.7. The third-order valence-electron chi connectivity index (χ3n) is 14.7. The Balaban J connectivity index is 1.66. The lowest BCUT2D eigenvalue weighted by molar-refractivity contribution is -0.319. The predicted octanol–water partition coefficient (Wildman–Crippen LogP) is 6.17. The summed E-state index contributed by atoms with van der Waals surface area (Å²) in [6, 6.07) is 16.7. The van der Waals surface area contributed by atoms with Crippen molar-refractivity contribution in [3.63, 3.8) is 0 Å². The van der Waals surface area contributed by atoms with Crippen molar-refractivity contribution in [2.24, 2.45) is 23.7 Å². The molecule has 16 heteroatoms. The number of esters is 3. The maximum Gasteiger partial charge on any atom is 0.338 e. The monoisotopic (exact) mass is 980 g/mol. The number of likely N-dealkylation sites (N-methyl/N-ethyl adjacent to an activating group) is 1. The largest absolute Gasteiger partial charge is 0.459 e. The van der Waals surface area contributed by atoms with Gasteiger partial charge in [-0.3, -0.25) is 9.59 Å². The zero-order valence-corrected chi connectivity index (χ0v) is 43.2. The number of rotatable bonds is 13. The number of ketones is 1. The highest BCUT2D eigenvalue weighted by molar-refractivity contribution is 5.90. The van der Waals surface area contributed by atoms with E-state index in [4.69, 9.17) is 49.1 Å². The summed E-state index contributed by atoms with van der Waals surface area (Å²) in [5.74, 6) is -3.80. The first-order valence-corrected chi connectivity index (χ1v) is 24.5. The van der Waals surface area contributed by atoms with Gasteiger partial charge in [-0.05, 0) is 99.2 Å². The molecule has 0 unspecified atom stereocenters. The summed E-state index contributed by atoms with van der Waals surface area (Å²) in [6.45, 7) is 16.6. The summed E-state index contributed by atoms with van der Waals surface area (Å²) < 4.78 is 58.6. The molecular weight excluding hydrogens is 903 g/mol. The van der Waals surface area contributed by atoms with Crippen LogP contribution in [0.5, 0.6) is 0 Å². The Labute approximate surface area is 414 Å².